The summed E-state index contributed by atoms with van der Waals surface area (Å²) >= 11 is 10.0. The lowest BCUT2D eigenvalue weighted by atomic mass is 10.1. The van der Waals surface area contributed by atoms with Gasteiger partial charge in [0.1, 0.15) is 9.21 Å². The van der Waals surface area contributed by atoms with Crippen LogP contribution in [0.5, 0.6) is 0 Å². The van der Waals surface area contributed by atoms with Crippen LogP contribution in [0, 0.1) is 27.7 Å². The molecule has 4 rings (SSSR count). The second-order valence-corrected chi connectivity index (χ2v) is 9.87. The Balaban J connectivity index is 0.000000176. The molecule has 0 saturated heterocycles. The fraction of sp³-hybridized carbons (Fsp3) is 0.273. The smallest absolute Gasteiger partial charge is 0.162 e. The van der Waals surface area contributed by atoms with Gasteiger partial charge in [0.25, 0.3) is 0 Å². The molecule has 0 amide bonds. The number of rotatable bonds is 4. The Labute approximate surface area is 207 Å². The van der Waals surface area contributed by atoms with Crippen molar-refractivity contribution in [2.45, 2.75) is 40.8 Å². The molecular weight excluding hydrogens is 588 g/mol. The Morgan fingerprint density at radius 2 is 1.19 bits per heavy atom. The van der Waals surface area contributed by atoms with E-state index in [1.807, 2.05) is 15.6 Å². The first-order valence-corrected chi connectivity index (χ1v) is 12.0. The van der Waals surface area contributed by atoms with Gasteiger partial charge in [-0.3, -0.25) is 0 Å². The summed E-state index contributed by atoms with van der Waals surface area (Å²) in [5, 5.41) is 15.9. The molecule has 162 valence electrons. The molecule has 0 saturated carbocycles. The van der Waals surface area contributed by atoms with E-state index in [0.717, 1.165) is 26.9 Å². The van der Waals surface area contributed by atoms with E-state index in [-0.39, 0.29) is 0 Å². The number of hydrogen-bond donors (Lipinski definition) is 0. The minimum atomic E-state index is 0.724. The van der Waals surface area contributed by atoms with Gasteiger partial charge in [-0.1, -0.05) is 69.1 Å². The Hall–Kier alpha value is -1.84. The summed E-state index contributed by atoms with van der Waals surface area (Å²) < 4.78 is 6.01. The normalized spacial score (nSPS) is 10.7. The SMILES string of the molecule is Cc1cc(C)cc(Cn2cc(Br)nn2)c1.Cc1cc(C)cc(Cn2nnc(Br)c2Br)c1. The maximum Gasteiger partial charge on any atom is 0.162 e. The number of nitrogens with zero attached hydrogens (tertiary/aromatic N) is 6. The molecule has 2 aromatic heterocycles. The molecule has 0 aliphatic heterocycles. The van der Waals surface area contributed by atoms with Crippen LogP contribution >= 0.6 is 47.8 Å². The van der Waals surface area contributed by atoms with Gasteiger partial charge < -0.3 is 0 Å². The van der Waals surface area contributed by atoms with E-state index >= 15 is 0 Å². The number of aryl methyl sites for hydroxylation is 4. The lowest BCUT2D eigenvalue weighted by molar-refractivity contribution is 0.637. The molecule has 0 unspecified atom stereocenters. The highest BCUT2D eigenvalue weighted by Crippen LogP contribution is 2.21. The summed E-state index contributed by atoms with van der Waals surface area (Å²) in [6.45, 7) is 9.90. The Bertz CT molecular complexity index is 1140. The van der Waals surface area contributed by atoms with Gasteiger partial charge in [-0.2, -0.15) is 0 Å². The molecule has 0 aliphatic carbocycles. The van der Waals surface area contributed by atoms with Crippen LogP contribution in [0.15, 0.2) is 56.4 Å². The van der Waals surface area contributed by atoms with E-state index in [1.165, 1.54) is 33.4 Å². The van der Waals surface area contributed by atoms with E-state index < -0.39 is 0 Å². The van der Waals surface area contributed by atoms with Gasteiger partial charge >= 0.3 is 0 Å². The lowest BCUT2D eigenvalue weighted by Crippen LogP contribution is -2.02. The van der Waals surface area contributed by atoms with Crippen LogP contribution in [0.2, 0.25) is 0 Å². The van der Waals surface area contributed by atoms with E-state index in [4.69, 9.17) is 0 Å². The molecule has 0 aliphatic rings. The van der Waals surface area contributed by atoms with Gasteiger partial charge in [0, 0.05) is 0 Å². The highest BCUT2D eigenvalue weighted by atomic mass is 79.9. The molecular formula is C22H23Br3N6. The van der Waals surface area contributed by atoms with Crippen molar-refractivity contribution in [1.29, 1.82) is 0 Å². The number of benzene rings is 2. The van der Waals surface area contributed by atoms with Gasteiger partial charge in [0.15, 0.2) is 4.60 Å². The number of halogens is 3. The number of hydrogen-bond acceptors (Lipinski definition) is 4. The monoisotopic (exact) mass is 608 g/mol. The van der Waals surface area contributed by atoms with E-state index in [9.17, 15) is 0 Å². The highest BCUT2D eigenvalue weighted by Gasteiger charge is 2.07. The van der Waals surface area contributed by atoms with Gasteiger partial charge in [-0.05, 0) is 86.6 Å². The molecule has 0 atom stereocenters. The average molecular weight is 611 g/mol. The minimum Gasteiger partial charge on any atom is -0.247 e. The summed E-state index contributed by atoms with van der Waals surface area (Å²) in [6.07, 6.45) is 1.87. The maximum atomic E-state index is 4.04. The zero-order valence-electron chi connectivity index (χ0n) is 17.8. The summed E-state index contributed by atoms with van der Waals surface area (Å²) in [6, 6.07) is 13.0. The predicted molar refractivity (Wildman–Crippen MR) is 133 cm³/mol. The van der Waals surface area contributed by atoms with E-state index in [0.29, 0.717) is 0 Å². The zero-order chi connectivity index (χ0) is 22.5. The molecule has 0 bridgehead atoms. The molecule has 9 heteroatoms. The molecule has 6 nitrogen and oxygen atoms in total. The number of aromatic nitrogens is 6. The first kappa shape index (κ1) is 23.8. The van der Waals surface area contributed by atoms with Crippen molar-refractivity contribution in [2.24, 2.45) is 0 Å². The van der Waals surface area contributed by atoms with Crippen molar-refractivity contribution in [2.75, 3.05) is 0 Å². The Kier molecular flexibility index (Phi) is 8.18. The largest absolute Gasteiger partial charge is 0.247 e. The van der Waals surface area contributed by atoms with Crippen molar-refractivity contribution in [3.63, 3.8) is 0 Å². The zero-order valence-corrected chi connectivity index (χ0v) is 22.5. The molecule has 4 aromatic rings. The molecule has 31 heavy (non-hydrogen) atoms. The predicted octanol–water partition coefficient (Wildman–Crippen LogP) is 6.17. The first-order chi connectivity index (χ1) is 14.7. The average Bonchev–Trinajstić information content (AvgIpc) is 3.20. The molecule has 2 heterocycles. The molecule has 0 fully saturated rings. The maximum absolute atomic E-state index is 4.04. The molecule has 0 N–H and O–H groups in total. The second-order valence-electron chi connectivity index (χ2n) is 7.56. The second kappa shape index (κ2) is 10.7. The standard InChI is InChI=1S/C11H11Br2N3.C11H12BrN3/c1-7-3-8(2)5-9(4-7)6-16-11(13)10(12)14-15-16;1-8-3-9(2)5-10(4-8)6-15-7-11(12)13-14-15/h3-5H,6H2,1-2H3;3-5,7H,6H2,1-2H3. The van der Waals surface area contributed by atoms with Crippen LogP contribution in [0.1, 0.15) is 33.4 Å². The van der Waals surface area contributed by atoms with Crippen LogP contribution in [0.3, 0.4) is 0 Å². The molecule has 0 spiro atoms. The highest BCUT2D eigenvalue weighted by molar-refractivity contribution is 9.13. The van der Waals surface area contributed by atoms with Gasteiger partial charge in [0.2, 0.25) is 0 Å². The van der Waals surface area contributed by atoms with E-state index in [2.05, 4.69) is 133 Å². The van der Waals surface area contributed by atoms with Crippen LogP contribution < -0.4 is 0 Å². The third kappa shape index (κ3) is 7.08. The molecule has 0 radical (unpaired) electrons. The van der Waals surface area contributed by atoms with Crippen molar-refractivity contribution >= 4 is 47.8 Å². The fourth-order valence-electron chi connectivity index (χ4n) is 3.41. The van der Waals surface area contributed by atoms with Gasteiger partial charge in [-0.25, -0.2) is 9.36 Å². The van der Waals surface area contributed by atoms with Crippen LogP contribution in [-0.2, 0) is 13.1 Å². The van der Waals surface area contributed by atoms with Gasteiger partial charge in [0.05, 0.1) is 19.3 Å². The summed E-state index contributed by atoms with van der Waals surface area (Å²) in [5.74, 6) is 0. The van der Waals surface area contributed by atoms with Crippen LogP contribution in [-0.4, -0.2) is 30.0 Å². The van der Waals surface area contributed by atoms with Crippen molar-refractivity contribution in [3.05, 3.63) is 89.8 Å². The van der Waals surface area contributed by atoms with E-state index in [1.54, 1.807) is 0 Å². The minimum absolute atomic E-state index is 0.724. The van der Waals surface area contributed by atoms with Crippen LogP contribution in [0.25, 0.3) is 0 Å². The third-order valence-corrected chi connectivity index (χ3v) is 6.60. The fourth-order valence-corrected chi connectivity index (χ4v) is 4.27. The Morgan fingerprint density at radius 1 is 0.677 bits per heavy atom. The topological polar surface area (TPSA) is 61.4 Å². The Morgan fingerprint density at radius 3 is 1.61 bits per heavy atom. The van der Waals surface area contributed by atoms with Crippen molar-refractivity contribution in [1.82, 2.24) is 30.0 Å². The quantitative estimate of drug-likeness (QED) is 0.277. The first-order valence-electron chi connectivity index (χ1n) is 9.64. The van der Waals surface area contributed by atoms with Gasteiger partial charge in [-0.15, -0.1) is 10.2 Å². The van der Waals surface area contributed by atoms with Crippen molar-refractivity contribution < 1.29 is 0 Å². The summed E-state index contributed by atoms with van der Waals surface area (Å²) in [4.78, 5) is 0. The van der Waals surface area contributed by atoms with Crippen molar-refractivity contribution in [3.8, 4) is 0 Å². The third-order valence-electron chi connectivity index (χ3n) is 4.39. The molecule has 2 aromatic carbocycles. The summed E-state index contributed by atoms with van der Waals surface area (Å²) in [7, 11) is 0. The summed E-state index contributed by atoms with van der Waals surface area (Å²) in [5.41, 5.74) is 7.59. The lowest BCUT2D eigenvalue weighted by Gasteiger charge is -2.05. The van der Waals surface area contributed by atoms with Crippen LogP contribution in [0.4, 0.5) is 0 Å².